The fraction of sp³-hybridized carbons (Fsp3) is 0.227. The number of halogens is 1. The van der Waals surface area contributed by atoms with Crippen molar-refractivity contribution in [3.8, 4) is 11.4 Å². The molecule has 34 heavy (non-hydrogen) atoms. The number of urea groups is 1. The molecule has 1 aromatic heterocycles. The lowest BCUT2D eigenvalue weighted by atomic mass is 10.1. The fourth-order valence-corrected chi connectivity index (χ4v) is 4.22. The SMILES string of the molecule is COc1cccc(-n2c(CC3CC(=O)NC(=O)N3)nnc2SCC(=O)Nc2cccc(F)c2)c1. The van der Waals surface area contributed by atoms with Gasteiger partial charge in [-0.1, -0.05) is 23.9 Å². The van der Waals surface area contributed by atoms with E-state index in [0.717, 1.165) is 11.8 Å². The molecular weight excluding hydrogens is 463 g/mol. The maximum atomic E-state index is 13.4. The second-order valence-corrected chi connectivity index (χ2v) is 8.35. The van der Waals surface area contributed by atoms with Gasteiger partial charge in [0.2, 0.25) is 11.8 Å². The normalized spacial score (nSPS) is 15.4. The van der Waals surface area contributed by atoms with Crippen molar-refractivity contribution in [3.05, 3.63) is 60.2 Å². The maximum Gasteiger partial charge on any atom is 0.321 e. The molecule has 0 aliphatic carbocycles. The standard InChI is InChI=1S/C22H21FN6O4S/c1-33-17-7-3-6-16(11-17)29-18(9-15-10-19(30)26-21(32)25-15)27-28-22(29)34-12-20(31)24-14-5-2-4-13(23)8-14/h2-8,11,15H,9-10,12H2,1H3,(H,24,31)(H2,25,26,30,32). The van der Waals surface area contributed by atoms with Gasteiger partial charge in [0.25, 0.3) is 0 Å². The van der Waals surface area contributed by atoms with Crippen molar-refractivity contribution in [1.29, 1.82) is 0 Å². The van der Waals surface area contributed by atoms with Crippen molar-refractivity contribution >= 4 is 35.3 Å². The zero-order valence-electron chi connectivity index (χ0n) is 18.1. The first-order chi connectivity index (χ1) is 16.4. The summed E-state index contributed by atoms with van der Waals surface area (Å²) >= 11 is 1.15. The third-order valence-corrected chi connectivity index (χ3v) is 5.83. The Morgan fingerprint density at radius 1 is 1.24 bits per heavy atom. The summed E-state index contributed by atoms with van der Waals surface area (Å²) in [4.78, 5) is 35.9. The number of imide groups is 1. The molecule has 12 heteroatoms. The molecule has 3 N–H and O–H groups in total. The van der Waals surface area contributed by atoms with Crippen LogP contribution >= 0.6 is 11.8 Å². The van der Waals surface area contributed by atoms with Gasteiger partial charge >= 0.3 is 6.03 Å². The van der Waals surface area contributed by atoms with Crippen molar-refractivity contribution in [2.75, 3.05) is 18.2 Å². The first kappa shape index (κ1) is 23.2. The number of carbonyl (C=O) groups excluding carboxylic acids is 3. The number of carbonyl (C=O) groups is 3. The third-order valence-electron chi connectivity index (χ3n) is 4.90. The molecule has 0 bridgehead atoms. The van der Waals surface area contributed by atoms with Crippen LogP contribution in [0.1, 0.15) is 12.2 Å². The van der Waals surface area contributed by atoms with Crippen molar-refractivity contribution < 1.29 is 23.5 Å². The second kappa shape index (κ2) is 10.3. The highest BCUT2D eigenvalue weighted by Gasteiger charge is 2.27. The summed E-state index contributed by atoms with van der Waals surface area (Å²) in [6.07, 6.45) is 0.356. The molecular formula is C22H21FN6O4S. The summed E-state index contributed by atoms with van der Waals surface area (Å²) in [5.74, 6) is -0.0421. The van der Waals surface area contributed by atoms with Crippen LogP contribution in [0.5, 0.6) is 5.75 Å². The van der Waals surface area contributed by atoms with Gasteiger partial charge in [0, 0.05) is 30.6 Å². The van der Waals surface area contributed by atoms with E-state index in [0.29, 0.717) is 28.1 Å². The minimum Gasteiger partial charge on any atom is -0.497 e. The summed E-state index contributed by atoms with van der Waals surface area (Å²) in [5.41, 5.74) is 1.05. The number of amides is 4. The van der Waals surface area contributed by atoms with Crippen LogP contribution in [0.2, 0.25) is 0 Å². The molecule has 2 aromatic carbocycles. The summed E-state index contributed by atoms with van der Waals surface area (Å²) in [5, 5.41) is 16.5. The van der Waals surface area contributed by atoms with Crippen molar-refractivity contribution in [2.45, 2.75) is 24.0 Å². The van der Waals surface area contributed by atoms with Gasteiger partial charge in [-0.05, 0) is 30.3 Å². The van der Waals surface area contributed by atoms with Crippen molar-refractivity contribution in [3.63, 3.8) is 0 Å². The van der Waals surface area contributed by atoms with Crippen LogP contribution in [0.25, 0.3) is 5.69 Å². The van der Waals surface area contributed by atoms with Gasteiger partial charge in [-0.15, -0.1) is 10.2 Å². The number of aromatic nitrogens is 3. The molecule has 10 nitrogen and oxygen atoms in total. The molecule has 4 rings (SSSR count). The summed E-state index contributed by atoms with van der Waals surface area (Å²) in [7, 11) is 1.55. The number of hydrogen-bond donors (Lipinski definition) is 3. The Morgan fingerprint density at radius 2 is 2.06 bits per heavy atom. The Kier molecular flexibility index (Phi) is 7.07. The summed E-state index contributed by atoms with van der Waals surface area (Å²) in [6.45, 7) is 0. The molecule has 1 atom stereocenters. The molecule has 2 heterocycles. The predicted molar refractivity (Wildman–Crippen MR) is 122 cm³/mol. The monoisotopic (exact) mass is 484 g/mol. The van der Waals surface area contributed by atoms with Gasteiger partial charge in [-0.3, -0.25) is 19.5 Å². The largest absolute Gasteiger partial charge is 0.497 e. The van der Waals surface area contributed by atoms with Gasteiger partial charge in [-0.2, -0.15) is 0 Å². The number of methoxy groups -OCH3 is 1. The van der Waals surface area contributed by atoms with E-state index in [2.05, 4.69) is 26.1 Å². The predicted octanol–water partition coefficient (Wildman–Crippen LogP) is 2.29. The molecule has 176 valence electrons. The van der Waals surface area contributed by atoms with E-state index in [1.165, 1.54) is 18.2 Å². The molecule has 1 saturated heterocycles. The lowest BCUT2D eigenvalue weighted by Crippen LogP contribution is -2.53. The van der Waals surface area contributed by atoms with Gasteiger partial charge < -0.3 is 15.4 Å². The Hall–Kier alpha value is -3.93. The molecule has 1 unspecified atom stereocenters. The molecule has 4 amide bonds. The third kappa shape index (κ3) is 5.70. The lowest BCUT2D eigenvalue weighted by Gasteiger charge is -2.23. The van der Waals surface area contributed by atoms with Crippen molar-refractivity contribution in [1.82, 2.24) is 25.4 Å². The number of nitrogens with zero attached hydrogens (tertiary/aromatic N) is 3. The van der Waals surface area contributed by atoms with Crippen LogP contribution in [-0.2, 0) is 16.0 Å². The van der Waals surface area contributed by atoms with E-state index in [4.69, 9.17) is 4.74 Å². The Balaban J connectivity index is 1.55. The molecule has 0 radical (unpaired) electrons. The first-order valence-corrected chi connectivity index (χ1v) is 11.3. The lowest BCUT2D eigenvalue weighted by molar-refractivity contribution is -0.121. The van der Waals surface area contributed by atoms with Crippen LogP contribution in [0.15, 0.2) is 53.7 Å². The fourth-order valence-electron chi connectivity index (χ4n) is 3.45. The van der Waals surface area contributed by atoms with Crippen LogP contribution < -0.4 is 20.7 Å². The molecule has 0 spiro atoms. The molecule has 1 fully saturated rings. The number of hydrogen-bond acceptors (Lipinski definition) is 7. The quantitative estimate of drug-likeness (QED) is 0.419. The molecule has 1 aliphatic rings. The highest BCUT2D eigenvalue weighted by molar-refractivity contribution is 7.99. The Morgan fingerprint density at radius 3 is 2.82 bits per heavy atom. The smallest absolute Gasteiger partial charge is 0.321 e. The number of anilines is 1. The highest BCUT2D eigenvalue weighted by Crippen LogP contribution is 2.26. The zero-order chi connectivity index (χ0) is 24.1. The number of ether oxygens (including phenoxy) is 1. The minimum absolute atomic E-state index is 0.00118. The first-order valence-electron chi connectivity index (χ1n) is 10.3. The average molecular weight is 485 g/mol. The van der Waals surface area contributed by atoms with E-state index < -0.39 is 17.9 Å². The van der Waals surface area contributed by atoms with E-state index in [1.54, 1.807) is 35.9 Å². The van der Waals surface area contributed by atoms with E-state index >= 15 is 0 Å². The Labute approximate surface area is 198 Å². The van der Waals surface area contributed by atoms with Crippen LogP contribution in [0.4, 0.5) is 14.9 Å². The van der Waals surface area contributed by atoms with E-state index in [1.807, 2.05) is 6.07 Å². The van der Waals surface area contributed by atoms with Crippen LogP contribution in [0.3, 0.4) is 0 Å². The molecule has 3 aromatic rings. The minimum atomic E-state index is -0.558. The van der Waals surface area contributed by atoms with E-state index in [-0.39, 0.29) is 30.4 Å². The van der Waals surface area contributed by atoms with Crippen LogP contribution in [-0.4, -0.2) is 51.5 Å². The average Bonchev–Trinajstić information content (AvgIpc) is 3.19. The number of benzene rings is 2. The number of rotatable bonds is 8. The Bertz CT molecular complexity index is 1220. The summed E-state index contributed by atoms with van der Waals surface area (Å²) in [6, 6.07) is 11.8. The topological polar surface area (TPSA) is 127 Å². The van der Waals surface area contributed by atoms with Gasteiger partial charge in [-0.25, -0.2) is 9.18 Å². The van der Waals surface area contributed by atoms with Gasteiger partial charge in [0.05, 0.1) is 18.6 Å². The number of thioether (sulfide) groups is 1. The van der Waals surface area contributed by atoms with Gasteiger partial charge in [0.15, 0.2) is 5.16 Å². The van der Waals surface area contributed by atoms with Crippen LogP contribution in [0, 0.1) is 5.82 Å². The highest BCUT2D eigenvalue weighted by atomic mass is 32.2. The molecule has 1 aliphatic heterocycles. The zero-order valence-corrected chi connectivity index (χ0v) is 18.9. The van der Waals surface area contributed by atoms with Gasteiger partial charge in [0.1, 0.15) is 17.4 Å². The maximum absolute atomic E-state index is 13.4. The van der Waals surface area contributed by atoms with Crippen molar-refractivity contribution in [2.24, 2.45) is 0 Å². The second-order valence-electron chi connectivity index (χ2n) is 7.41. The summed E-state index contributed by atoms with van der Waals surface area (Å²) < 4.78 is 20.4. The molecule has 0 saturated carbocycles. The van der Waals surface area contributed by atoms with E-state index in [9.17, 15) is 18.8 Å². The number of nitrogens with one attached hydrogen (secondary N) is 3.